The molecule has 0 unspecified atom stereocenters. The number of carbonyl (C=O) groups is 3. The summed E-state index contributed by atoms with van der Waals surface area (Å²) in [5.74, 6) is 0.293. The molecule has 0 aliphatic carbocycles. The van der Waals surface area contributed by atoms with E-state index in [1.54, 1.807) is 0 Å². The molecule has 5 nitrogen and oxygen atoms in total. The average molecular weight is 330 g/mol. The summed E-state index contributed by atoms with van der Waals surface area (Å²) >= 11 is 0. The zero-order chi connectivity index (χ0) is 17.7. The molecule has 0 saturated carbocycles. The second-order valence-corrected chi connectivity index (χ2v) is 7.20. The van der Waals surface area contributed by atoms with E-state index < -0.39 is 0 Å². The second kappa shape index (κ2) is 8.08. The van der Waals surface area contributed by atoms with Gasteiger partial charge in [0.15, 0.2) is 0 Å². The minimum atomic E-state index is -0.283. The van der Waals surface area contributed by atoms with Crippen molar-refractivity contribution in [3.05, 3.63) is 29.8 Å². The van der Waals surface area contributed by atoms with Gasteiger partial charge in [-0.1, -0.05) is 32.9 Å². The van der Waals surface area contributed by atoms with Crippen molar-refractivity contribution in [2.24, 2.45) is 17.8 Å². The van der Waals surface area contributed by atoms with Gasteiger partial charge in [0.1, 0.15) is 0 Å². The largest absolute Gasteiger partial charge is 0.326 e. The highest BCUT2D eigenvalue weighted by Crippen LogP contribution is 2.20. The lowest BCUT2D eigenvalue weighted by Gasteiger charge is -2.14. The lowest BCUT2D eigenvalue weighted by atomic mass is 9.95. The van der Waals surface area contributed by atoms with Gasteiger partial charge in [-0.05, 0) is 42.4 Å². The lowest BCUT2D eigenvalue weighted by molar-refractivity contribution is -0.125. The molecule has 2 N–H and O–H groups in total. The van der Waals surface area contributed by atoms with Crippen LogP contribution in [0.2, 0.25) is 0 Å². The minimum Gasteiger partial charge on any atom is -0.326 e. The van der Waals surface area contributed by atoms with Gasteiger partial charge in [0.2, 0.25) is 17.7 Å². The molecule has 1 aliphatic rings. The minimum absolute atomic E-state index is 0.0247. The number of rotatable bonds is 7. The fourth-order valence-corrected chi connectivity index (χ4v) is 3.20. The Morgan fingerprint density at radius 3 is 2.42 bits per heavy atom. The zero-order valence-electron chi connectivity index (χ0n) is 14.6. The molecular formula is C19H26N2O3. The van der Waals surface area contributed by atoms with E-state index >= 15 is 0 Å². The molecule has 24 heavy (non-hydrogen) atoms. The predicted molar refractivity (Wildman–Crippen MR) is 93.3 cm³/mol. The number of hydrogen-bond donors (Lipinski definition) is 2. The number of benzene rings is 1. The van der Waals surface area contributed by atoms with E-state index in [-0.39, 0.29) is 30.1 Å². The summed E-state index contributed by atoms with van der Waals surface area (Å²) < 4.78 is 0. The van der Waals surface area contributed by atoms with Crippen molar-refractivity contribution in [3.8, 4) is 0 Å². The van der Waals surface area contributed by atoms with Gasteiger partial charge in [-0.3, -0.25) is 19.7 Å². The molecule has 2 atom stereocenters. The molecule has 3 amide bonds. The van der Waals surface area contributed by atoms with Gasteiger partial charge in [0, 0.05) is 18.5 Å². The van der Waals surface area contributed by atoms with Crippen LogP contribution in [-0.4, -0.2) is 17.7 Å². The third kappa shape index (κ3) is 5.48. The molecule has 0 bridgehead atoms. The molecule has 0 aromatic heterocycles. The summed E-state index contributed by atoms with van der Waals surface area (Å²) in [7, 11) is 0. The maximum Gasteiger partial charge on any atom is 0.230 e. The highest BCUT2D eigenvalue weighted by molar-refractivity contribution is 6.03. The molecule has 0 radical (unpaired) electrons. The van der Waals surface area contributed by atoms with Crippen molar-refractivity contribution < 1.29 is 14.4 Å². The zero-order valence-corrected chi connectivity index (χ0v) is 14.6. The van der Waals surface area contributed by atoms with Gasteiger partial charge in [-0.15, -0.1) is 0 Å². The number of anilines is 1. The Labute approximate surface area is 143 Å². The topological polar surface area (TPSA) is 75.3 Å². The van der Waals surface area contributed by atoms with Gasteiger partial charge >= 0.3 is 0 Å². The van der Waals surface area contributed by atoms with Crippen molar-refractivity contribution in [3.63, 3.8) is 0 Å². The van der Waals surface area contributed by atoms with Gasteiger partial charge in [0.25, 0.3) is 0 Å². The summed E-state index contributed by atoms with van der Waals surface area (Å²) in [4.78, 5) is 34.8. The van der Waals surface area contributed by atoms with Gasteiger partial charge in [-0.25, -0.2) is 0 Å². The number of amides is 3. The molecule has 1 aromatic rings. The molecule has 1 fully saturated rings. The fourth-order valence-electron chi connectivity index (χ4n) is 3.20. The van der Waals surface area contributed by atoms with Gasteiger partial charge < -0.3 is 5.32 Å². The number of nitrogens with one attached hydrogen (secondary N) is 2. The van der Waals surface area contributed by atoms with E-state index in [4.69, 9.17) is 0 Å². The van der Waals surface area contributed by atoms with Crippen molar-refractivity contribution >= 4 is 23.4 Å². The van der Waals surface area contributed by atoms with E-state index in [1.807, 2.05) is 24.3 Å². The first-order valence-corrected chi connectivity index (χ1v) is 8.56. The first kappa shape index (κ1) is 18.2. The molecule has 0 spiro atoms. The van der Waals surface area contributed by atoms with Crippen LogP contribution in [0.3, 0.4) is 0 Å². The fraction of sp³-hybridized carbons (Fsp3) is 0.526. The maximum atomic E-state index is 12.0. The van der Waals surface area contributed by atoms with Crippen molar-refractivity contribution in [2.75, 3.05) is 5.32 Å². The van der Waals surface area contributed by atoms with Crippen molar-refractivity contribution in [2.45, 2.75) is 46.5 Å². The van der Waals surface area contributed by atoms with E-state index in [0.717, 1.165) is 17.7 Å². The molecule has 1 aliphatic heterocycles. The summed E-state index contributed by atoms with van der Waals surface area (Å²) in [5.41, 5.74) is 1.74. The Bertz CT molecular complexity index is 608. The van der Waals surface area contributed by atoms with Crippen LogP contribution in [0.5, 0.6) is 0 Å². The first-order chi connectivity index (χ1) is 11.3. The summed E-state index contributed by atoms with van der Waals surface area (Å²) in [6.07, 6.45) is 2.35. The van der Waals surface area contributed by atoms with Crippen LogP contribution in [0.1, 0.15) is 45.6 Å². The van der Waals surface area contributed by atoms with Gasteiger partial charge in [0.05, 0.1) is 5.92 Å². The smallest absolute Gasteiger partial charge is 0.230 e. The number of hydrogen-bond acceptors (Lipinski definition) is 3. The predicted octanol–water partition coefficient (Wildman–Crippen LogP) is 2.90. The standard InChI is InChI=1S/C19H26N2O3/c1-12(2)8-13(3)9-17(22)20-16-6-4-14(5-7-16)10-15-11-18(23)21-19(15)24/h4-7,12-13,15H,8-11H2,1-3H3,(H,20,22)(H,21,23,24)/t13-,15-/m1/s1. The number of carbonyl (C=O) groups excluding carboxylic acids is 3. The highest BCUT2D eigenvalue weighted by Gasteiger charge is 2.30. The average Bonchev–Trinajstić information content (AvgIpc) is 2.77. The summed E-state index contributed by atoms with van der Waals surface area (Å²) in [6.45, 7) is 6.41. The third-order valence-corrected chi connectivity index (χ3v) is 4.19. The third-order valence-electron chi connectivity index (χ3n) is 4.19. The normalized spacial score (nSPS) is 18.6. The van der Waals surface area contributed by atoms with E-state index in [9.17, 15) is 14.4 Å². The van der Waals surface area contributed by atoms with Crippen LogP contribution < -0.4 is 10.6 Å². The highest BCUT2D eigenvalue weighted by atomic mass is 16.2. The SMILES string of the molecule is CC(C)C[C@@H](C)CC(=O)Nc1ccc(C[C@@H]2CC(=O)NC2=O)cc1. The van der Waals surface area contributed by atoms with Crippen LogP contribution in [0.4, 0.5) is 5.69 Å². The Morgan fingerprint density at radius 1 is 1.21 bits per heavy atom. The van der Waals surface area contributed by atoms with Crippen LogP contribution in [0.25, 0.3) is 0 Å². The Morgan fingerprint density at radius 2 is 1.88 bits per heavy atom. The Hall–Kier alpha value is -2.17. The molecule has 130 valence electrons. The van der Waals surface area contributed by atoms with Crippen LogP contribution in [-0.2, 0) is 20.8 Å². The number of imide groups is 1. The lowest BCUT2D eigenvalue weighted by Crippen LogP contribution is -2.22. The second-order valence-electron chi connectivity index (χ2n) is 7.20. The molecule has 1 saturated heterocycles. The molecule has 1 aromatic carbocycles. The van der Waals surface area contributed by atoms with Crippen LogP contribution in [0.15, 0.2) is 24.3 Å². The van der Waals surface area contributed by atoms with E-state index in [2.05, 4.69) is 31.4 Å². The quantitative estimate of drug-likeness (QED) is 0.755. The summed E-state index contributed by atoms with van der Waals surface area (Å²) in [5, 5.41) is 5.23. The first-order valence-electron chi connectivity index (χ1n) is 8.56. The monoisotopic (exact) mass is 330 g/mol. The van der Waals surface area contributed by atoms with Crippen molar-refractivity contribution in [1.82, 2.24) is 5.32 Å². The molecule has 2 rings (SSSR count). The van der Waals surface area contributed by atoms with Gasteiger partial charge in [-0.2, -0.15) is 0 Å². The molecule has 5 heteroatoms. The maximum absolute atomic E-state index is 12.0. The van der Waals surface area contributed by atoms with Crippen molar-refractivity contribution in [1.29, 1.82) is 0 Å². The van der Waals surface area contributed by atoms with E-state index in [0.29, 0.717) is 24.7 Å². The Kier molecular flexibility index (Phi) is 6.12. The van der Waals surface area contributed by atoms with E-state index in [1.165, 1.54) is 0 Å². The Balaban J connectivity index is 1.84. The summed E-state index contributed by atoms with van der Waals surface area (Å²) in [6, 6.07) is 7.47. The van der Waals surface area contributed by atoms with Crippen LogP contribution >= 0.6 is 0 Å². The molecule has 1 heterocycles. The molecular weight excluding hydrogens is 304 g/mol. The van der Waals surface area contributed by atoms with Crippen LogP contribution in [0, 0.1) is 17.8 Å².